The van der Waals surface area contributed by atoms with Crippen molar-refractivity contribution in [3.8, 4) is 0 Å². The largest absolute Gasteiger partial charge is 0.378 e. The Bertz CT molecular complexity index is 808. The smallest absolute Gasteiger partial charge is 0.274 e. The van der Waals surface area contributed by atoms with E-state index >= 15 is 0 Å². The van der Waals surface area contributed by atoms with Gasteiger partial charge in [-0.1, -0.05) is 0 Å². The molecule has 146 valence electrons. The van der Waals surface area contributed by atoms with Crippen molar-refractivity contribution in [2.24, 2.45) is 0 Å². The standard InChI is InChI=1S/C16H21N5O3S3/c1-4-21-12(15(23)20-5-7-24-8-6-20)10(9-17-21)18-13(22)11-14(25-2)19-27-16(11)26-3/h9H,4-8H2,1-3H3,(H,18,22). The van der Waals surface area contributed by atoms with Gasteiger partial charge in [-0.05, 0) is 31.0 Å². The molecule has 11 heteroatoms. The van der Waals surface area contributed by atoms with Crippen LogP contribution in [0.25, 0.3) is 0 Å². The highest BCUT2D eigenvalue weighted by Crippen LogP contribution is 2.33. The lowest BCUT2D eigenvalue weighted by Crippen LogP contribution is -2.41. The molecule has 0 saturated carbocycles. The molecule has 2 aromatic rings. The van der Waals surface area contributed by atoms with Gasteiger partial charge in [0.15, 0.2) is 0 Å². The Morgan fingerprint density at radius 1 is 1.30 bits per heavy atom. The summed E-state index contributed by atoms with van der Waals surface area (Å²) < 4.78 is 12.1. The van der Waals surface area contributed by atoms with Gasteiger partial charge in [0.25, 0.3) is 11.8 Å². The van der Waals surface area contributed by atoms with Crippen LogP contribution in [-0.4, -0.2) is 69.7 Å². The maximum atomic E-state index is 13.0. The van der Waals surface area contributed by atoms with Crippen LogP contribution in [0, 0.1) is 0 Å². The first kappa shape index (κ1) is 20.2. The molecule has 0 bridgehead atoms. The first-order chi connectivity index (χ1) is 13.1. The Morgan fingerprint density at radius 3 is 2.67 bits per heavy atom. The number of thioether (sulfide) groups is 2. The summed E-state index contributed by atoms with van der Waals surface area (Å²) >= 11 is 4.22. The van der Waals surface area contributed by atoms with Crippen LogP contribution in [0.2, 0.25) is 0 Å². The van der Waals surface area contributed by atoms with Crippen molar-refractivity contribution in [2.45, 2.75) is 22.7 Å². The summed E-state index contributed by atoms with van der Waals surface area (Å²) in [6, 6.07) is 0. The molecule has 0 unspecified atom stereocenters. The van der Waals surface area contributed by atoms with Crippen LogP contribution in [0.4, 0.5) is 5.69 Å². The highest BCUT2D eigenvalue weighted by Gasteiger charge is 2.27. The number of morpholine rings is 1. The topological polar surface area (TPSA) is 89.3 Å². The molecular formula is C16H21N5O3S3. The third-order valence-electron chi connectivity index (χ3n) is 4.12. The lowest BCUT2D eigenvalue weighted by atomic mass is 10.2. The number of hydrogen-bond donors (Lipinski definition) is 1. The van der Waals surface area contributed by atoms with E-state index in [-0.39, 0.29) is 11.8 Å². The fourth-order valence-electron chi connectivity index (χ4n) is 2.77. The lowest BCUT2D eigenvalue weighted by Gasteiger charge is -2.27. The number of nitrogens with one attached hydrogen (secondary N) is 1. The number of hydrogen-bond acceptors (Lipinski definition) is 8. The highest BCUT2D eigenvalue weighted by molar-refractivity contribution is 8.01. The fourth-order valence-corrected chi connectivity index (χ4v) is 5.05. The molecule has 0 atom stereocenters. The van der Waals surface area contributed by atoms with Gasteiger partial charge in [0, 0.05) is 19.6 Å². The highest BCUT2D eigenvalue weighted by atomic mass is 32.2. The summed E-state index contributed by atoms with van der Waals surface area (Å²) in [5.41, 5.74) is 1.37. The summed E-state index contributed by atoms with van der Waals surface area (Å²) in [6.07, 6.45) is 5.34. The van der Waals surface area contributed by atoms with Crippen molar-refractivity contribution < 1.29 is 14.3 Å². The number of amides is 2. The zero-order chi connectivity index (χ0) is 19.4. The zero-order valence-corrected chi connectivity index (χ0v) is 17.8. The molecule has 1 aliphatic heterocycles. The van der Waals surface area contributed by atoms with Gasteiger partial charge >= 0.3 is 0 Å². The molecule has 3 heterocycles. The van der Waals surface area contributed by atoms with E-state index in [4.69, 9.17) is 4.74 Å². The van der Waals surface area contributed by atoms with Crippen molar-refractivity contribution in [1.82, 2.24) is 19.1 Å². The van der Waals surface area contributed by atoms with E-state index < -0.39 is 0 Å². The van der Waals surface area contributed by atoms with Crippen LogP contribution < -0.4 is 5.32 Å². The predicted octanol–water partition coefficient (Wildman–Crippen LogP) is 2.53. The molecule has 2 amide bonds. The quantitative estimate of drug-likeness (QED) is 0.709. The molecule has 0 spiro atoms. The maximum Gasteiger partial charge on any atom is 0.274 e. The molecule has 3 rings (SSSR count). The number of rotatable bonds is 6. The molecule has 2 aromatic heterocycles. The molecule has 1 fully saturated rings. The SMILES string of the molecule is CCn1ncc(NC(=O)c2c(SC)nsc2SC)c1C(=O)N1CCOCC1. The minimum absolute atomic E-state index is 0.147. The normalized spacial score (nSPS) is 14.4. The Morgan fingerprint density at radius 2 is 2.04 bits per heavy atom. The van der Waals surface area contributed by atoms with Crippen molar-refractivity contribution >= 4 is 52.6 Å². The average molecular weight is 428 g/mol. The lowest BCUT2D eigenvalue weighted by molar-refractivity contribution is 0.0295. The zero-order valence-electron chi connectivity index (χ0n) is 15.4. The first-order valence-corrected chi connectivity index (χ1v) is 11.6. The second-order valence-electron chi connectivity index (χ2n) is 5.64. The first-order valence-electron chi connectivity index (χ1n) is 8.42. The molecule has 8 nitrogen and oxygen atoms in total. The molecule has 0 aliphatic carbocycles. The van der Waals surface area contributed by atoms with Gasteiger partial charge in [0.1, 0.15) is 10.7 Å². The minimum atomic E-state index is -0.274. The van der Waals surface area contributed by atoms with Gasteiger partial charge in [-0.3, -0.25) is 14.3 Å². The van der Waals surface area contributed by atoms with Crippen molar-refractivity contribution in [1.29, 1.82) is 0 Å². The summed E-state index contributed by atoms with van der Waals surface area (Å²) in [4.78, 5) is 27.7. The van der Waals surface area contributed by atoms with E-state index in [9.17, 15) is 9.59 Å². The summed E-state index contributed by atoms with van der Waals surface area (Å²) in [5.74, 6) is -0.421. The van der Waals surface area contributed by atoms with E-state index in [1.54, 1.807) is 9.58 Å². The number of aryl methyl sites for hydroxylation is 1. The molecule has 1 saturated heterocycles. The second-order valence-corrected chi connectivity index (χ2v) is 8.28. The van der Waals surface area contributed by atoms with E-state index in [1.807, 2.05) is 19.4 Å². The van der Waals surface area contributed by atoms with Gasteiger partial charge in [0.2, 0.25) is 0 Å². The van der Waals surface area contributed by atoms with E-state index in [1.165, 1.54) is 41.3 Å². The van der Waals surface area contributed by atoms with Crippen LogP contribution in [0.5, 0.6) is 0 Å². The van der Waals surface area contributed by atoms with Crippen LogP contribution in [0.15, 0.2) is 15.4 Å². The number of carbonyl (C=O) groups excluding carboxylic acids is 2. The van der Waals surface area contributed by atoms with Crippen LogP contribution >= 0.6 is 35.1 Å². The molecule has 0 radical (unpaired) electrons. The third-order valence-corrected chi connectivity index (χ3v) is 6.86. The Kier molecular flexibility index (Phi) is 6.79. The van der Waals surface area contributed by atoms with E-state index in [0.717, 1.165) is 4.21 Å². The van der Waals surface area contributed by atoms with Crippen molar-refractivity contribution in [2.75, 3.05) is 44.1 Å². The predicted molar refractivity (Wildman–Crippen MR) is 108 cm³/mol. The Hall–Kier alpha value is -1.56. The van der Waals surface area contributed by atoms with Gasteiger partial charge in [-0.2, -0.15) is 9.47 Å². The number of ether oxygens (including phenoxy) is 1. The Labute approximate surface area is 170 Å². The summed E-state index contributed by atoms with van der Waals surface area (Å²) in [5, 5.41) is 7.83. The van der Waals surface area contributed by atoms with Crippen LogP contribution in [0.1, 0.15) is 27.8 Å². The molecule has 1 N–H and O–H groups in total. The van der Waals surface area contributed by atoms with E-state index in [0.29, 0.717) is 54.8 Å². The Balaban J connectivity index is 1.89. The van der Waals surface area contributed by atoms with Gasteiger partial charge < -0.3 is 15.0 Å². The molecule has 0 aromatic carbocycles. The molecule has 27 heavy (non-hydrogen) atoms. The summed E-state index contributed by atoms with van der Waals surface area (Å²) in [7, 11) is 0. The average Bonchev–Trinajstić information content (AvgIpc) is 3.31. The van der Waals surface area contributed by atoms with Crippen LogP contribution in [0.3, 0.4) is 0 Å². The van der Waals surface area contributed by atoms with E-state index in [2.05, 4.69) is 14.8 Å². The minimum Gasteiger partial charge on any atom is -0.378 e. The van der Waals surface area contributed by atoms with Gasteiger partial charge in [-0.25, -0.2) is 0 Å². The number of aromatic nitrogens is 3. The number of anilines is 1. The maximum absolute atomic E-state index is 13.0. The van der Waals surface area contributed by atoms with Gasteiger partial charge in [-0.15, -0.1) is 23.5 Å². The summed E-state index contributed by atoms with van der Waals surface area (Å²) in [6.45, 7) is 4.54. The molecular weight excluding hydrogens is 406 g/mol. The number of nitrogens with zero attached hydrogens (tertiary/aromatic N) is 4. The van der Waals surface area contributed by atoms with Crippen LogP contribution in [-0.2, 0) is 11.3 Å². The second kappa shape index (κ2) is 9.09. The fraction of sp³-hybridized carbons (Fsp3) is 0.500. The van der Waals surface area contributed by atoms with Gasteiger partial charge in [0.05, 0.1) is 34.9 Å². The van der Waals surface area contributed by atoms with Crippen molar-refractivity contribution in [3.63, 3.8) is 0 Å². The monoisotopic (exact) mass is 427 g/mol. The van der Waals surface area contributed by atoms with Crippen molar-refractivity contribution in [3.05, 3.63) is 17.5 Å². The number of carbonyl (C=O) groups is 2. The third kappa shape index (κ3) is 4.15. The molecule has 1 aliphatic rings.